The molecule has 2 aromatic carbocycles. The number of hydrogen-bond acceptors (Lipinski definition) is 2. The molecule has 0 aliphatic rings. The van der Waals surface area contributed by atoms with Gasteiger partial charge in [0.1, 0.15) is 6.61 Å². The third kappa shape index (κ3) is 2.67. The molecule has 0 amide bonds. The van der Waals surface area contributed by atoms with Crippen molar-refractivity contribution in [2.75, 3.05) is 7.11 Å². The molecule has 0 unspecified atom stereocenters. The molecule has 114 valence electrons. The average molecular weight is 295 g/mol. The number of fused-ring (bicyclic) bond motifs is 1. The summed E-state index contributed by atoms with van der Waals surface area (Å²) in [6.45, 7) is 4.91. The van der Waals surface area contributed by atoms with Crippen LogP contribution in [0.4, 0.5) is 0 Å². The predicted octanol–water partition coefficient (Wildman–Crippen LogP) is 4.81. The highest BCUT2D eigenvalue weighted by atomic mass is 16.5. The highest BCUT2D eigenvalue weighted by Gasteiger charge is 2.12. The molecule has 0 aliphatic carbocycles. The fraction of sp³-hybridized carbons (Fsp3) is 0.263. The predicted molar refractivity (Wildman–Crippen MR) is 89.6 cm³/mol. The Hall–Kier alpha value is -2.42. The second kappa shape index (κ2) is 6.14. The maximum absolute atomic E-state index is 5.99. The van der Waals surface area contributed by atoms with Crippen molar-refractivity contribution < 1.29 is 9.47 Å². The Bertz CT molecular complexity index is 774. The molecule has 3 nitrogen and oxygen atoms in total. The Morgan fingerprint density at radius 2 is 1.64 bits per heavy atom. The van der Waals surface area contributed by atoms with Gasteiger partial charge < -0.3 is 14.0 Å². The van der Waals surface area contributed by atoms with Gasteiger partial charge in [0.15, 0.2) is 11.5 Å². The van der Waals surface area contributed by atoms with Crippen molar-refractivity contribution in [1.29, 1.82) is 0 Å². The van der Waals surface area contributed by atoms with Crippen LogP contribution in [-0.2, 0) is 6.61 Å². The Labute approximate surface area is 131 Å². The van der Waals surface area contributed by atoms with Crippen molar-refractivity contribution in [3.8, 4) is 11.5 Å². The van der Waals surface area contributed by atoms with E-state index in [1.165, 1.54) is 16.6 Å². The summed E-state index contributed by atoms with van der Waals surface area (Å²) in [6, 6.07) is 18.8. The molecule has 0 saturated heterocycles. The molecule has 0 N–H and O–H groups in total. The van der Waals surface area contributed by atoms with Gasteiger partial charge in [-0.2, -0.15) is 0 Å². The molecule has 0 spiro atoms. The molecule has 0 aliphatic heterocycles. The van der Waals surface area contributed by atoms with Crippen LogP contribution in [-0.4, -0.2) is 11.7 Å². The molecule has 3 aromatic rings. The van der Waals surface area contributed by atoms with Gasteiger partial charge in [0.2, 0.25) is 0 Å². The van der Waals surface area contributed by atoms with Gasteiger partial charge in [-0.25, -0.2) is 0 Å². The maximum Gasteiger partial charge on any atom is 0.161 e. The first-order valence-electron chi connectivity index (χ1n) is 7.55. The fourth-order valence-electron chi connectivity index (χ4n) is 2.84. The number of para-hydroxylation sites is 3. The summed E-state index contributed by atoms with van der Waals surface area (Å²) in [5, 5.41) is 1.25. The smallest absolute Gasteiger partial charge is 0.161 e. The van der Waals surface area contributed by atoms with E-state index in [4.69, 9.17) is 9.47 Å². The summed E-state index contributed by atoms with van der Waals surface area (Å²) >= 11 is 0. The summed E-state index contributed by atoms with van der Waals surface area (Å²) in [7, 11) is 1.66. The van der Waals surface area contributed by atoms with E-state index < -0.39 is 0 Å². The topological polar surface area (TPSA) is 23.4 Å². The lowest BCUT2D eigenvalue weighted by molar-refractivity contribution is 0.274. The summed E-state index contributed by atoms with van der Waals surface area (Å²) in [6.07, 6.45) is 0. The van der Waals surface area contributed by atoms with E-state index in [-0.39, 0.29) is 0 Å². The monoisotopic (exact) mass is 295 g/mol. The van der Waals surface area contributed by atoms with Gasteiger partial charge in [0, 0.05) is 11.6 Å². The Morgan fingerprint density at radius 3 is 2.36 bits per heavy atom. The van der Waals surface area contributed by atoms with Crippen molar-refractivity contribution in [2.45, 2.75) is 26.5 Å². The van der Waals surface area contributed by atoms with Gasteiger partial charge in [-0.05, 0) is 43.5 Å². The number of aromatic nitrogens is 1. The van der Waals surface area contributed by atoms with Crippen LogP contribution in [0.25, 0.3) is 10.9 Å². The lowest BCUT2D eigenvalue weighted by Gasteiger charge is -2.16. The van der Waals surface area contributed by atoms with Crippen molar-refractivity contribution in [3.05, 3.63) is 60.3 Å². The van der Waals surface area contributed by atoms with E-state index >= 15 is 0 Å². The Balaban J connectivity index is 1.92. The van der Waals surface area contributed by atoms with Crippen molar-refractivity contribution in [2.24, 2.45) is 0 Å². The highest BCUT2D eigenvalue weighted by molar-refractivity contribution is 5.81. The first kappa shape index (κ1) is 14.5. The summed E-state index contributed by atoms with van der Waals surface area (Å²) in [5.41, 5.74) is 2.42. The molecule has 3 rings (SSSR count). The quantitative estimate of drug-likeness (QED) is 0.674. The number of nitrogens with zero attached hydrogens (tertiary/aromatic N) is 1. The number of hydrogen-bond donors (Lipinski definition) is 0. The van der Waals surface area contributed by atoms with Crippen LogP contribution in [0.15, 0.2) is 54.6 Å². The largest absolute Gasteiger partial charge is 0.493 e. The molecule has 0 radical (unpaired) electrons. The van der Waals surface area contributed by atoms with Crippen LogP contribution in [0.3, 0.4) is 0 Å². The molecular formula is C19H21NO2. The molecule has 0 fully saturated rings. The van der Waals surface area contributed by atoms with E-state index in [0.29, 0.717) is 12.6 Å². The summed E-state index contributed by atoms with van der Waals surface area (Å²) < 4.78 is 13.7. The van der Waals surface area contributed by atoms with E-state index in [0.717, 1.165) is 11.5 Å². The normalized spacial score (nSPS) is 11.1. The van der Waals surface area contributed by atoms with Gasteiger partial charge in [-0.1, -0.05) is 30.3 Å². The number of methoxy groups -OCH3 is 1. The van der Waals surface area contributed by atoms with Gasteiger partial charge in [0.05, 0.1) is 12.8 Å². The van der Waals surface area contributed by atoms with Crippen molar-refractivity contribution in [3.63, 3.8) is 0 Å². The van der Waals surface area contributed by atoms with E-state index in [1.807, 2.05) is 24.3 Å². The van der Waals surface area contributed by atoms with Crippen LogP contribution in [0, 0.1) is 0 Å². The third-order valence-electron chi connectivity index (χ3n) is 3.79. The molecule has 1 heterocycles. The Kier molecular flexibility index (Phi) is 4.05. The number of rotatable bonds is 5. The van der Waals surface area contributed by atoms with Crippen LogP contribution < -0.4 is 9.47 Å². The van der Waals surface area contributed by atoms with E-state index in [1.54, 1.807) is 7.11 Å². The minimum atomic E-state index is 0.385. The molecule has 3 heteroatoms. The SMILES string of the molecule is COc1ccccc1OCc1cc2ccccc2n1C(C)C. The zero-order valence-corrected chi connectivity index (χ0v) is 13.2. The maximum atomic E-state index is 5.99. The zero-order valence-electron chi connectivity index (χ0n) is 13.2. The second-order valence-corrected chi connectivity index (χ2v) is 5.60. The van der Waals surface area contributed by atoms with E-state index in [9.17, 15) is 0 Å². The number of ether oxygens (including phenoxy) is 2. The summed E-state index contributed by atoms with van der Waals surface area (Å²) in [5.74, 6) is 1.53. The zero-order chi connectivity index (χ0) is 15.5. The second-order valence-electron chi connectivity index (χ2n) is 5.60. The van der Waals surface area contributed by atoms with Crippen LogP contribution in [0.1, 0.15) is 25.6 Å². The molecule has 0 atom stereocenters. The first-order valence-corrected chi connectivity index (χ1v) is 7.55. The lowest BCUT2D eigenvalue weighted by Crippen LogP contribution is -2.08. The summed E-state index contributed by atoms with van der Waals surface area (Å²) in [4.78, 5) is 0. The first-order chi connectivity index (χ1) is 10.7. The van der Waals surface area contributed by atoms with Gasteiger partial charge in [-0.3, -0.25) is 0 Å². The van der Waals surface area contributed by atoms with Crippen LogP contribution in [0.2, 0.25) is 0 Å². The average Bonchev–Trinajstić information content (AvgIpc) is 2.91. The molecule has 22 heavy (non-hydrogen) atoms. The number of benzene rings is 2. The molecule has 0 saturated carbocycles. The molecular weight excluding hydrogens is 274 g/mol. The van der Waals surface area contributed by atoms with Crippen molar-refractivity contribution in [1.82, 2.24) is 4.57 Å². The standard InChI is InChI=1S/C19H21NO2/c1-14(2)20-16(12-15-8-4-5-9-17(15)20)13-22-19-11-7-6-10-18(19)21-3/h4-12,14H,13H2,1-3H3. The third-order valence-corrected chi connectivity index (χ3v) is 3.79. The van der Waals surface area contributed by atoms with Crippen molar-refractivity contribution >= 4 is 10.9 Å². The molecule has 1 aromatic heterocycles. The van der Waals surface area contributed by atoms with Gasteiger partial charge in [0.25, 0.3) is 0 Å². The highest BCUT2D eigenvalue weighted by Crippen LogP contribution is 2.29. The lowest BCUT2D eigenvalue weighted by atomic mass is 10.2. The fourth-order valence-corrected chi connectivity index (χ4v) is 2.84. The van der Waals surface area contributed by atoms with Gasteiger partial charge >= 0.3 is 0 Å². The van der Waals surface area contributed by atoms with Crippen LogP contribution >= 0.6 is 0 Å². The minimum absolute atomic E-state index is 0.385. The molecule has 0 bridgehead atoms. The van der Waals surface area contributed by atoms with Gasteiger partial charge in [-0.15, -0.1) is 0 Å². The van der Waals surface area contributed by atoms with E-state index in [2.05, 4.69) is 48.7 Å². The minimum Gasteiger partial charge on any atom is -0.493 e. The van der Waals surface area contributed by atoms with Crippen LogP contribution in [0.5, 0.6) is 11.5 Å². The Morgan fingerprint density at radius 1 is 0.955 bits per heavy atom.